The Labute approximate surface area is 152 Å². The molecule has 0 fully saturated rings. The number of hydrogen-bond acceptors (Lipinski definition) is 6. The molecule has 6 heteroatoms. The molecule has 2 N–H and O–H groups in total. The van der Waals surface area contributed by atoms with Crippen LogP contribution in [0.3, 0.4) is 0 Å². The summed E-state index contributed by atoms with van der Waals surface area (Å²) in [5, 5.41) is 15.3. The van der Waals surface area contributed by atoms with Crippen LogP contribution in [-0.4, -0.2) is 17.1 Å². The van der Waals surface area contributed by atoms with Gasteiger partial charge in [-0.3, -0.25) is 0 Å². The van der Waals surface area contributed by atoms with E-state index in [1.807, 2.05) is 49.4 Å². The van der Waals surface area contributed by atoms with Gasteiger partial charge in [0.1, 0.15) is 11.6 Å². The molecule has 1 aromatic heterocycles. The molecule has 1 heterocycles. The quantitative estimate of drug-likeness (QED) is 0.702. The molecule has 0 saturated carbocycles. The fourth-order valence-corrected chi connectivity index (χ4v) is 2.41. The summed E-state index contributed by atoms with van der Waals surface area (Å²) in [5.41, 5.74) is 3.43. The van der Waals surface area contributed by atoms with Crippen LogP contribution in [0.25, 0.3) is 0 Å². The summed E-state index contributed by atoms with van der Waals surface area (Å²) in [6.45, 7) is 2.57. The van der Waals surface area contributed by atoms with E-state index in [1.165, 1.54) is 0 Å². The first kappa shape index (κ1) is 17.2. The number of nitrogens with one attached hydrogen (secondary N) is 2. The molecule has 0 aliphatic heterocycles. The van der Waals surface area contributed by atoms with Crippen LogP contribution >= 0.6 is 0 Å². The maximum atomic E-state index is 8.86. The molecule has 3 rings (SSSR count). The van der Waals surface area contributed by atoms with Crippen molar-refractivity contribution in [2.75, 3.05) is 17.7 Å². The first-order valence-corrected chi connectivity index (χ1v) is 8.16. The minimum absolute atomic E-state index is 0.506. The minimum Gasteiger partial charge on any atom is -0.497 e. The number of methoxy groups -OCH3 is 1. The molecule has 0 amide bonds. The van der Waals surface area contributed by atoms with Crippen LogP contribution in [0.4, 0.5) is 17.5 Å². The van der Waals surface area contributed by atoms with Crippen molar-refractivity contribution in [2.45, 2.75) is 13.5 Å². The molecule has 2 aromatic carbocycles. The zero-order valence-electron chi connectivity index (χ0n) is 14.7. The molecule has 0 unspecified atom stereocenters. The van der Waals surface area contributed by atoms with Crippen molar-refractivity contribution < 1.29 is 4.74 Å². The highest BCUT2D eigenvalue weighted by Crippen LogP contribution is 2.17. The van der Waals surface area contributed by atoms with Gasteiger partial charge >= 0.3 is 0 Å². The van der Waals surface area contributed by atoms with Crippen LogP contribution in [0.5, 0.6) is 5.75 Å². The Morgan fingerprint density at radius 1 is 1.04 bits per heavy atom. The summed E-state index contributed by atoms with van der Waals surface area (Å²) in [6.07, 6.45) is 0. The van der Waals surface area contributed by atoms with Crippen molar-refractivity contribution in [1.82, 2.24) is 9.97 Å². The third-order valence-corrected chi connectivity index (χ3v) is 3.76. The first-order chi connectivity index (χ1) is 12.7. The van der Waals surface area contributed by atoms with Gasteiger partial charge in [-0.25, -0.2) is 4.98 Å². The van der Waals surface area contributed by atoms with E-state index in [2.05, 4.69) is 26.7 Å². The highest BCUT2D eigenvalue weighted by atomic mass is 16.5. The lowest BCUT2D eigenvalue weighted by Crippen LogP contribution is -2.05. The molecule has 130 valence electrons. The number of benzene rings is 2. The zero-order chi connectivity index (χ0) is 18.4. The van der Waals surface area contributed by atoms with Gasteiger partial charge in [0, 0.05) is 24.0 Å². The molecule has 0 bridgehead atoms. The van der Waals surface area contributed by atoms with Gasteiger partial charge in [-0.2, -0.15) is 10.2 Å². The number of hydrogen-bond donors (Lipinski definition) is 2. The molecule has 0 radical (unpaired) electrons. The first-order valence-electron chi connectivity index (χ1n) is 8.16. The number of nitriles is 1. The van der Waals surface area contributed by atoms with E-state index in [9.17, 15) is 0 Å². The Kier molecular flexibility index (Phi) is 5.30. The summed E-state index contributed by atoms with van der Waals surface area (Å²) in [7, 11) is 1.65. The van der Waals surface area contributed by atoms with E-state index in [4.69, 9.17) is 10.00 Å². The molecule has 0 saturated heterocycles. The van der Waals surface area contributed by atoms with Gasteiger partial charge in [0.05, 0.1) is 18.7 Å². The molecular formula is C20H19N5O. The highest BCUT2D eigenvalue weighted by molar-refractivity contribution is 5.56. The smallest absolute Gasteiger partial charge is 0.229 e. The van der Waals surface area contributed by atoms with Gasteiger partial charge in [-0.1, -0.05) is 12.1 Å². The number of aryl methyl sites for hydroxylation is 1. The Morgan fingerprint density at radius 3 is 2.42 bits per heavy atom. The maximum absolute atomic E-state index is 8.86. The third-order valence-electron chi connectivity index (χ3n) is 3.76. The van der Waals surface area contributed by atoms with E-state index in [-0.39, 0.29) is 0 Å². The summed E-state index contributed by atoms with van der Waals surface area (Å²) in [6, 6.07) is 19.0. The van der Waals surface area contributed by atoms with Gasteiger partial charge in [-0.05, 0) is 48.9 Å². The Morgan fingerprint density at radius 2 is 1.77 bits per heavy atom. The molecular weight excluding hydrogens is 326 g/mol. The fourth-order valence-electron chi connectivity index (χ4n) is 2.41. The second-order valence-corrected chi connectivity index (χ2v) is 5.73. The molecule has 6 nitrogen and oxygen atoms in total. The monoisotopic (exact) mass is 345 g/mol. The van der Waals surface area contributed by atoms with Gasteiger partial charge in [0.25, 0.3) is 0 Å². The van der Waals surface area contributed by atoms with E-state index in [0.717, 1.165) is 28.5 Å². The number of aromatic nitrogens is 2. The number of anilines is 3. The Bertz CT molecular complexity index is 914. The topological polar surface area (TPSA) is 82.9 Å². The summed E-state index contributed by atoms with van der Waals surface area (Å²) in [5.74, 6) is 2.08. The van der Waals surface area contributed by atoms with Crippen molar-refractivity contribution in [3.63, 3.8) is 0 Å². The van der Waals surface area contributed by atoms with Crippen LogP contribution in [0.15, 0.2) is 54.6 Å². The van der Waals surface area contributed by atoms with Crippen molar-refractivity contribution in [3.05, 3.63) is 71.4 Å². The van der Waals surface area contributed by atoms with Crippen molar-refractivity contribution in [3.8, 4) is 11.8 Å². The SMILES string of the molecule is COc1ccc(CNc2cc(C)nc(Nc3ccc(C#N)cc3)n2)cc1. The predicted octanol–water partition coefficient (Wildman–Crippen LogP) is 4.02. The van der Waals surface area contributed by atoms with Crippen molar-refractivity contribution >= 4 is 17.5 Å². The van der Waals surface area contributed by atoms with Crippen LogP contribution in [0, 0.1) is 18.3 Å². The third kappa shape index (κ3) is 4.48. The Balaban J connectivity index is 1.69. The van der Waals surface area contributed by atoms with Gasteiger partial charge in [0.2, 0.25) is 5.95 Å². The van der Waals surface area contributed by atoms with E-state index in [0.29, 0.717) is 18.1 Å². The summed E-state index contributed by atoms with van der Waals surface area (Å²) in [4.78, 5) is 8.90. The number of nitrogens with zero attached hydrogens (tertiary/aromatic N) is 3. The summed E-state index contributed by atoms with van der Waals surface area (Å²) < 4.78 is 5.17. The second-order valence-electron chi connectivity index (χ2n) is 5.73. The lowest BCUT2D eigenvalue weighted by atomic mass is 10.2. The van der Waals surface area contributed by atoms with E-state index in [1.54, 1.807) is 19.2 Å². The fraction of sp³-hybridized carbons (Fsp3) is 0.150. The van der Waals surface area contributed by atoms with Gasteiger partial charge in [-0.15, -0.1) is 0 Å². The average Bonchev–Trinajstić information content (AvgIpc) is 2.67. The average molecular weight is 345 g/mol. The predicted molar refractivity (Wildman–Crippen MR) is 102 cm³/mol. The van der Waals surface area contributed by atoms with Gasteiger partial charge < -0.3 is 15.4 Å². The van der Waals surface area contributed by atoms with E-state index >= 15 is 0 Å². The molecule has 0 atom stereocenters. The molecule has 3 aromatic rings. The highest BCUT2D eigenvalue weighted by Gasteiger charge is 2.04. The Hall–Kier alpha value is -3.59. The molecule has 0 aliphatic rings. The van der Waals surface area contributed by atoms with Gasteiger partial charge in [0.15, 0.2) is 0 Å². The second kappa shape index (κ2) is 7.99. The minimum atomic E-state index is 0.506. The van der Waals surface area contributed by atoms with Crippen LogP contribution < -0.4 is 15.4 Å². The lowest BCUT2D eigenvalue weighted by molar-refractivity contribution is 0.414. The van der Waals surface area contributed by atoms with Crippen molar-refractivity contribution in [1.29, 1.82) is 5.26 Å². The summed E-state index contributed by atoms with van der Waals surface area (Å²) >= 11 is 0. The van der Waals surface area contributed by atoms with Crippen LogP contribution in [0.1, 0.15) is 16.8 Å². The normalized spacial score (nSPS) is 10.0. The molecule has 0 aliphatic carbocycles. The zero-order valence-corrected chi connectivity index (χ0v) is 14.7. The van der Waals surface area contributed by atoms with E-state index < -0.39 is 0 Å². The molecule has 26 heavy (non-hydrogen) atoms. The van der Waals surface area contributed by atoms with Crippen LogP contribution in [0.2, 0.25) is 0 Å². The largest absolute Gasteiger partial charge is 0.497 e. The standard InChI is InChI=1S/C20H19N5O/c1-14-11-19(22-13-16-5-9-18(26-2)10-6-16)25-20(23-14)24-17-7-3-15(12-21)4-8-17/h3-11H,13H2,1-2H3,(H2,22,23,24,25). The number of ether oxygens (including phenoxy) is 1. The van der Waals surface area contributed by atoms with Crippen LogP contribution in [-0.2, 0) is 6.54 Å². The van der Waals surface area contributed by atoms with Crippen molar-refractivity contribution in [2.24, 2.45) is 0 Å². The number of rotatable bonds is 6. The molecule has 0 spiro atoms. The lowest BCUT2D eigenvalue weighted by Gasteiger charge is -2.10. The maximum Gasteiger partial charge on any atom is 0.229 e.